The zero-order chi connectivity index (χ0) is 15.1. The van der Waals surface area contributed by atoms with E-state index in [4.69, 9.17) is 4.52 Å². The Morgan fingerprint density at radius 2 is 1.43 bits per heavy atom. The molecule has 0 aliphatic carbocycles. The van der Waals surface area contributed by atoms with Crippen LogP contribution in [0.3, 0.4) is 0 Å². The van der Waals surface area contributed by atoms with Crippen molar-refractivity contribution in [2.24, 2.45) is 0 Å². The fourth-order valence-corrected chi connectivity index (χ4v) is 8.72. The molecule has 0 aliphatic rings. The Bertz CT molecular complexity index is 549. The average Bonchev–Trinajstić information content (AvgIpc) is 2.55. The summed E-state index contributed by atoms with van der Waals surface area (Å²) in [6, 6.07) is 21.4. The van der Waals surface area contributed by atoms with Crippen LogP contribution in [0.2, 0.25) is 0 Å². The summed E-state index contributed by atoms with van der Waals surface area (Å²) in [6.07, 6.45) is 1.04. The van der Waals surface area contributed by atoms with Gasteiger partial charge in [-0.05, 0) is 0 Å². The number of rotatable bonds is 7. The van der Waals surface area contributed by atoms with E-state index < -0.39 is 4.94 Å². The average molecular weight is 383 g/mol. The van der Waals surface area contributed by atoms with Gasteiger partial charge in [0.25, 0.3) is 0 Å². The molecule has 0 heterocycles. The summed E-state index contributed by atoms with van der Waals surface area (Å²) in [7, 11) is 0. The molecule has 0 radical (unpaired) electrons. The molecule has 4 heteroatoms. The summed E-state index contributed by atoms with van der Waals surface area (Å²) in [5.74, 6) is 0. The zero-order valence-corrected chi connectivity index (χ0v) is 15.9. The van der Waals surface area contributed by atoms with E-state index in [1.165, 1.54) is 11.1 Å². The summed E-state index contributed by atoms with van der Waals surface area (Å²) in [5, 5.41) is 0.313. The number of benzene rings is 2. The summed E-state index contributed by atoms with van der Waals surface area (Å²) < 4.78 is 6.07. The molecule has 21 heavy (non-hydrogen) atoms. The first-order chi connectivity index (χ1) is 10.2. The van der Waals surface area contributed by atoms with Gasteiger partial charge in [0.1, 0.15) is 0 Å². The monoisotopic (exact) mass is 384 g/mol. The van der Waals surface area contributed by atoms with Crippen LogP contribution in [0.1, 0.15) is 30.2 Å². The maximum absolute atomic E-state index is 6.07. The van der Waals surface area contributed by atoms with Gasteiger partial charge in [-0.2, -0.15) is 0 Å². The van der Waals surface area contributed by atoms with Gasteiger partial charge in [0.2, 0.25) is 0 Å². The minimum absolute atomic E-state index is 0.313. The van der Waals surface area contributed by atoms with Gasteiger partial charge >= 0.3 is 140 Å². The van der Waals surface area contributed by atoms with Crippen LogP contribution in [0.15, 0.2) is 60.7 Å². The Labute approximate surface area is 139 Å². The summed E-state index contributed by atoms with van der Waals surface area (Å²) in [6.45, 7) is 5.04. The first-order valence-corrected chi connectivity index (χ1v) is 12.8. The van der Waals surface area contributed by atoms with E-state index in [0.717, 1.165) is 12.8 Å². The van der Waals surface area contributed by atoms with Gasteiger partial charge in [-0.25, -0.2) is 0 Å². The van der Waals surface area contributed by atoms with Crippen molar-refractivity contribution in [2.45, 2.75) is 19.1 Å². The van der Waals surface area contributed by atoms with Crippen molar-refractivity contribution in [1.82, 2.24) is 0 Å². The number of hydrogen-bond donors (Lipinski definition) is 0. The van der Waals surface area contributed by atoms with Gasteiger partial charge in [0.05, 0.1) is 0 Å². The third-order valence-electron chi connectivity index (χ3n) is 3.18. The second kappa shape index (κ2) is 8.36. The van der Waals surface area contributed by atoms with Crippen LogP contribution in [-0.2, 0) is 4.52 Å². The fourth-order valence-electron chi connectivity index (χ4n) is 2.12. The van der Waals surface area contributed by atoms with E-state index in [1.54, 1.807) is 0 Å². The van der Waals surface area contributed by atoms with Crippen molar-refractivity contribution in [3.05, 3.63) is 71.8 Å². The molecule has 1 atom stereocenters. The molecule has 0 amide bonds. The predicted molar refractivity (Wildman–Crippen MR) is 97.2 cm³/mol. The summed E-state index contributed by atoms with van der Waals surface area (Å²) >= 11 is 5.32. The molecule has 2 aromatic rings. The van der Waals surface area contributed by atoms with Gasteiger partial charge in [0, 0.05) is 0 Å². The quantitative estimate of drug-likeness (QED) is 0.461. The van der Waals surface area contributed by atoms with Gasteiger partial charge < -0.3 is 0 Å². The zero-order valence-electron chi connectivity index (χ0n) is 12.4. The minimum atomic E-state index is -1.55. The van der Waals surface area contributed by atoms with Gasteiger partial charge in [-0.1, -0.05) is 0 Å². The SMILES string of the molecule is CCOP(=[Se])(CC)SC(c1ccccc1)c1ccccc1. The normalized spacial score (nSPS) is 14.0. The second-order valence-electron chi connectivity index (χ2n) is 4.65. The number of hydrogen-bond acceptors (Lipinski definition) is 2. The van der Waals surface area contributed by atoms with E-state index in [9.17, 15) is 0 Å². The molecular weight excluding hydrogens is 362 g/mol. The molecule has 0 bridgehead atoms. The van der Waals surface area contributed by atoms with Gasteiger partial charge in [-0.3, -0.25) is 0 Å². The molecule has 0 aliphatic heterocycles. The van der Waals surface area contributed by atoms with Crippen molar-refractivity contribution < 1.29 is 4.52 Å². The topological polar surface area (TPSA) is 9.23 Å². The van der Waals surface area contributed by atoms with Crippen LogP contribution in [0, 0.1) is 0 Å². The van der Waals surface area contributed by atoms with Crippen LogP contribution in [-0.4, -0.2) is 27.9 Å². The molecule has 0 aromatic heterocycles. The molecule has 0 saturated heterocycles. The third kappa shape index (κ3) is 4.84. The Morgan fingerprint density at radius 3 is 1.81 bits per heavy atom. The van der Waals surface area contributed by atoms with E-state index in [0.29, 0.717) is 5.25 Å². The van der Waals surface area contributed by atoms with Crippen molar-refractivity contribution in [2.75, 3.05) is 12.8 Å². The summed E-state index contributed by atoms with van der Waals surface area (Å²) in [5.41, 5.74) is 2.67. The van der Waals surface area contributed by atoms with Crippen LogP contribution in [0.5, 0.6) is 0 Å². The van der Waals surface area contributed by atoms with Crippen LogP contribution < -0.4 is 0 Å². The predicted octanol–water partition coefficient (Wildman–Crippen LogP) is 5.50. The Morgan fingerprint density at radius 1 is 0.952 bits per heavy atom. The third-order valence-corrected chi connectivity index (χ3v) is 12.3. The Kier molecular flexibility index (Phi) is 6.79. The molecule has 1 nitrogen and oxygen atoms in total. The van der Waals surface area contributed by atoms with E-state index >= 15 is 0 Å². The van der Waals surface area contributed by atoms with Crippen molar-refractivity contribution in [3.63, 3.8) is 0 Å². The molecule has 0 saturated carbocycles. The van der Waals surface area contributed by atoms with Crippen molar-refractivity contribution >= 4 is 31.4 Å². The molecule has 0 fully saturated rings. The van der Waals surface area contributed by atoms with Crippen molar-refractivity contribution in [3.8, 4) is 0 Å². The summed E-state index contributed by atoms with van der Waals surface area (Å²) in [4.78, 5) is -1.55. The molecular formula is C17H21OPSSe. The fraction of sp³-hybridized carbons (Fsp3) is 0.294. The molecule has 2 rings (SSSR count). The van der Waals surface area contributed by atoms with Crippen LogP contribution in [0.25, 0.3) is 0 Å². The Balaban J connectivity index is 2.36. The van der Waals surface area contributed by atoms with E-state index in [2.05, 4.69) is 89.6 Å². The molecule has 0 N–H and O–H groups in total. The van der Waals surface area contributed by atoms with E-state index in [-0.39, 0.29) is 0 Å². The first kappa shape index (κ1) is 17.1. The molecule has 2 aromatic carbocycles. The molecule has 0 spiro atoms. The molecule has 1 unspecified atom stereocenters. The van der Waals surface area contributed by atoms with Crippen LogP contribution in [0.4, 0.5) is 0 Å². The first-order valence-electron chi connectivity index (χ1n) is 7.20. The van der Waals surface area contributed by atoms with Gasteiger partial charge in [0.15, 0.2) is 0 Å². The second-order valence-corrected chi connectivity index (χ2v) is 15.1. The van der Waals surface area contributed by atoms with Crippen molar-refractivity contribution in [1.29, 1.82) is 0 Å². The maximum atomic E-state index is 6.07. The van der Waals surface area contributed by atoms with Gasteiger partial charge in [-0.15, -0.1) is 0 Å². The molecule has 112 valence electrons. The van der Waals surface area contributed by atoms with Crippen LogP contribution >= 0.6 is 16.3 Å². The standard InChI is InChI=1S/C17H21OPSSe/c1-3-18-19(21,4-2)20-17(15-11-7-5-8-12-15)16-13-9-6-10-14-16/h5-14,17H,3-4H2,1-2H3. The van der Waals surface area contributed by atoms with E-state index in [1.807, 2.05) is 11.4 Å². The Hall–Kier alpha value is -0.301.